The first-order chi connectivity index (χ1) is 8.04. The molecule has 1 unspecified atom stereocenters. The molecular weight excluding hydrogens is 244 g/mol. The van der Waals surface area contributed by atoms with Crippen molar-refractivity contribution < 1.29 is 23.1 Å². The van der Waals surface area contributed by atoms with Crippen LogP contribution >= 0.6 is 0 Å². The van der Waals surface area contributed by atoms with Gasteiger partial charge in [0, 0.05) is 16.5 Å². The van der Waals surface area contributed by atoms with E-state index in [0.717, 1.165) is 12.2 Å². The summed E-state index contributed by atoms with van der Waals surface area (Å²) in [5, 5.41) is 0. The molecule has 0 aliphatic carbocycles. The summed E-state index contributed by atoms with van der Waals surface area (Å²) in [7, 11) is 1.20. The van der Waals surface area contributed by atoms with Gasteiger partial charge in [-0.3, -0.25) is 9.00 Å². The van der Waals surface area contributed by atoms with Crippen molar-refractivity contribution in [3.8, 4) is 0 Å². The molecule has 0 saturated heterocycles. The van der Waals surface area contributed by atoms with E-state index in [0.29, 0.717) is 5.56 Å². The van der Waals surface area contributed by atoms with E-state index in [1.165, 1.54) is 31.4 Å². The second kappa shape index (κ2) is 6.07. The smallest absolute Gasteiger partial charge is 0.330 e. The summed E-state index contributed by atoms with van der Waals surface area (Å²) in [5.74, 6) is -1.03. The van der Waals surface area contributed by atoms with Crippen LogP contribution in [0.1, 0.15) is 10.4 Å². The van der Waals surface area contributed by atoms with E-state index in [1.54, 1.807) is 0 Å². The number of hydrogen-bond acceptors (Lipinski definition) is 5. The van der Waals surface area contributed by atoms with Crippen molar-refractivity contribution in [2.45, 2.75) is 4.90 Å². The number of benzene rings is 1. The Kier molecular flexibility index (Phi) is 4.74. The molecule has 0 aromatic heterocycles. The predicted octanol–water partition coefficient (Wildman–Crippen LogP) is 0.837. The maximum absolute atomic E-state index is 11.5. The number of esters is 1. The number of rotatable bonds is 4. The third kappa shape index (κ3) is 3.93. The summed E-state index contributed by atoms with van der Waals surface area (Å²) in [5.41, 5.74) is 0.291. The molecule has 0 aliphatic rings. The molecular formula is C11H9O5S-. The standard InChI is InChI=1S/C11H10O5S/c1-16-11(13)7-6-10(12)8-2-4-9(5-3-8)17(14)15/h2-7H,1H3,(H,14,15)/p-1/b7-6+. The van der Waals surface area contributed by atoms with Crippen LogP contribution in [0.4, 0.5) is 0 Å². The summed E-state index contributed by atoms with van der Waals surface area (Å²) in [6.07, 6.45) is 2.07. The zero-order valence-electron chi connectivity index (χ0n) is 8.91. The molecule has 17 heavy (non-hydrogen) atoms. The van der Waals surface area contributed by atoms with Crippen molar-refractivity contribution in [2.24, 2.45) is 0 Å². The fraction of sp³-hybridized carbons (Fsp3) is 0.0909. The minimum absolute atomic E-state index is 0.0958. The van der Waals surface area contributed by atoms with Crippen LogP contribution in [0, 0.1) is 0 Å². The Balaban J connectivity index is 2.80. The second-order valence-corrected chi connectivity index (χ2v) is 3.92. The van der Waals surface area contributed by atoms with Crippen molar-refractivity contribution in [3.63, 3.8) is 0 Å². The minimum Gasteiger partial charge on any atom is -0.768 e. The Hall–Kier alpha value is -1.79. The number of ether oxygens (including phenoxy) is 1. The number of carbonyl (C=O) groups excluding carboxylic acids is 2. The topological polar surface area (TPSA) is 83.5 Å². The maximum Gasteiger partial charge on any atom is 0.330 e. The van der Waals surface area contributed by atoms with E-state index >= 15 is 0 Å². The molecule has 1 aromatic rings. The van der Waals surface area contributed by atoms with Gasteiger partial charge < -0.3 is 9.29 Å². The monoisotopic (exact) mass is 253 g/mol. The molecule has 1 atom stereocenters. The molecule has 90 valence electrons. The van der Waals surface area contributed by atoms with Crippen molar-refractivity contribution >= 4 is 22.8 Å². The quantitative estimate of drug-likeness (QED) is 0.343. The van der Waals surface area contributed by atoms with Gasteiger partial charge in [-0.05, 0) is 41.4 Å². The van der Waals surface area contributed by atoms with Gasteiger partial charge in [0.15, 0.2) is 5.78 Å². The average molecular weight is 253 g/mol. The Morgan fingerprint density at radius 1 is 1.24 bits per heavy atom. The van der Waals surface area contributed by atoms with Crippen LogP contribution in [0.25, 0.3) is 0 Å². The number of carbonyl (C=O) groups is 2. The van der Waals surface area contributed by atoms with E-state index in [2.05, 4.69) is 4.74 Å². The van der Waals surface area contributed by atoms with Crippen molar-refractivity contribution in [1.29, 1.82) is 0 Å². The first kappa shape index (κ1) is 13.3. The summed E-state index contributed by atoms with van der Waals surface area (Å²) < 4.78 is 25.5. The molecule has 5 nitrogen and oxygen atoms in total. The first-order valence-corrected chi connectivity index (χ1v) is 5.62. The van der Waals surface area contributed by atoms with Crippen molar-refractivity contribution in [2.75, 3.05) is 7.11 Å². The number of ketones is 1. The highest BCUT2D eigenvalue weighted by Crippen LogP contribution is 2.08. The molecule has 0 spiro atoms. The second-order valence-electron chi connectivity index (χ2n) is 2.98. The SMILES string of the molecule is COC(=O)/C=C/C(=O)c1ccc(S(=O)[O-])cc1. The van der Waals surface area contributed by atoms with Gasteiger partial charge in [-0.1, -0.05) is 0 Å². The highest BCUT2D eigenvalue weighted by atomic mass is 32.2. The summed E-state index contributed by atoms with van der Waals surface area (Å²) in [4.78, 5) is 22.3. The minimum atomic E-state index is -2.32. The molecule has 6 heteroatoms. The van der Waals surface area contributed by atoms with Crippen LogP contribution in [-0.2, 0) is 20.6 Å². The van der Waals surface area contributed by atoms with Crippen LogP contribution < -0.4 is 0 Å². The van der Waals surface area contributed by atoms with Gasteiger partial charge in [-0.25, -0.2) is 4.79 Å². The normalized spacial score (nSPS) is 12.4. The van der Waals surface area contributed by atoms with Crippen molar-refractivity contribution in [3.05, 3.63) is 42.0 Å². The molecule has 0 heterocycles. The Morgan fingerprint density at radius 2 is 1.82 bits per heavy atom. The molecule has 0 N–H and O–H groups in total. The van der Waals surface area contributed by atoms with Crippen molar-refractivity contribution in [1.82, 2.24) is 0 Å². The Morgan fingerprint density at radius 3 is 2.29 bits per heavy atom. The molecule has 0 fully saturated rings. The molecule has 0 bridgehead atoms. The van der Waals surface area contributed by atoms with Gasteiger partial charge in [0.1, 0.15) is 0 Å². The molecule has 0 radical (unpaired) electrons. The number of allylic oxidation sites excluding steroid dienone is 1. The third-order valence-electron chi connectivity index (χ3n) is 1.90. The van der Waals surface area contributed by atoms with Gasteiger partial charge in [-0.15, -0.1) is 0 Å². The van der Waals surface area contributed by atoms with E-state index in [1.807, 2.05) is 0 Å². The van der Waals surface area contributed by atoms with Crippen LogP contribution in [0.15, 0.2) is 41.3 Å². The van der Waals surface area contributed by atoms with Gasteiger partial charge in [0.2, 0.25) is 0 Å². The van der Waals surface area contributed by atoms with Gasteiger partial charge in [0.05, 0.1) is 7.11 Å². The lowest BCUT2D eigenvalue weighted by molar-refractivity contribution is -0.134. The average Bonchev–Trinajstić information content (AvgIpc) is 2.35. The fourth-order valence-corrected chi connectivity index (χ4v) is 1.40. The van der Waals surface area contributed by atoms with Crippen LogP contribution in [0.5, 0.6) is 0 Å². The van der Waals surface area contributed by atoms with E-state index in [9.17, 15) is 18.4 Å². The first-order valence-electron chi connectivity index (χ1n) is 4.54. The zero-order chi connectivity index (χ0) is 12.8. The largest absolute Gasteiger partial charge is 0.768 e. The molecule has 1 rings (SSSR count). The van der Waals surface area contributed by atoms with E-state index < -0.39 is 22.8 Å². The summed E-state index contributed by atoms with van der Waals surface area (Å²) in [6.45, 7) is 0. The Labute approximate surface area is 100 Å². The number of methoxy groups -OCH3 is 1. The Bertz CT molecular complexity index is 475. The predicted molar refractivity (Wildman–Crippen MR) is 59.1 cm³/mol. The molecule has 1 aromatic carbocycles. The van der Waals surface area contributed by atoms with Gasteiger partial charge in [0.25, 0.3) is 0 Å². The lowest BCUT2D eigenvalue weighted by Crippen LogP contribution is -1.99. The van der Waals surface area contributed by atoms with Crippen LogP contribution in [0.3, 0.4) is 0 Å². The molecule has 0 amide bonds. The third-order valence-corrected chi connectivity index (χ3v) is 2.56. The van der Waals surface area contributed by atoms with Crippen LogP contribution in [0.2, 0.25) is 0 Å². The van der Waals surface area contributed by atoms with E-state index in [4.69, 9.17) is 0 Å². The highest BCUT2D eigenvalue weighted by Gasteiger charge is 2.03. The van der Waals surface area contributed by atoms with Crippen LogP contribution in [-0.4, -0.2) is 27.6 Å². The summed E-state index contributed by atoms with van der Waals surface area (Å²) in [6, 6.07) is 5.36. The lowest BCUT2D eigenvalue weighted by atomic mass is 10.1. The highest BCUT2D eigenvalue weighted by molar-refractivity contribution is 7.79. The van der Waals surface area contributed by atoms with Gasteiger partial charge in [-0.2, -0.15) is 0 Å². The molecule has 0 saturated carbocycles. The maximum atomic E-state index is 11.5. The van der Waals surface area contributed by atoms with Gasteiger partial charge >= 0.3 is 5.97 Å². The summed E-state index contributed by atoms with van der Waals surface area (Å²) >= 11 is -2.32. The zero-order valence-corrected chi connectivity index (χ0v) is 9.73. The van der Waals surface area contributed by atoms with E-state index in [-0.39, 0.29) is 4.90 Å². The molecule has 0 aliphatic heterocycles. The fourth-order valence-electron chi connectivity index (χ4n) is 1.04. The number of hydrogen-bond donors (Lipinski definition) is 0. The lowest BCUT2D eigenvalue weighted by Gasteiger charge is -2.04.